The zero-order chi connectivity index (χ0) is 27.0. The van der Waals surface area contributed by atoms with Crippen LogP contribution in [0.4, 0.5) is 10.2 Å². The first kappa shape index (κ1) is 26.1. The van der Waals surface area contributed by atoms with Crippen molar-refractivity contribution in [2.45, 2.75) is 40.0 Å². The molecule has 5 rings (SSSR count). The van der Waals surface area contributed by atoms with Crippen LogP contribution in [0.15, 0.2) is 40.9 Å². The van der Waals surface area contributed by atoms with E-state index in [4.69, 9.17) is 30.8 Å². The Balaban J connectivity index is 1.61. The van der Waals surface area contributed by atoms with E-state index in [0.717, 1.165) is 16.7 Å². The molecule has 0 unspecified atom stereocenters. The number of ether oxygens (including phenoxy) is 1. The summed E-state index contributed by atoms with van der Waals surface area (Å²) in [6.45, 7) is 7.09. The first-order chi connectivity index (χ1) is 18.3. The van der Waals surface area contributed by atoms with Gasteiger partial charge in [-0.05, 0) is 57.6 Å². The first-order valence-electron chi connectivity index (χ1n) is 12.3. The second-order valence-corrected chi connectivity index (χ2v) is 9.85. The molecular weight excluding hydrogens is 509 g/mol. The molecule has 10 heteroatoms. The third-order valence-corrected chi connectivity index (χ3v) is 7.01. The predicted octanol–water partition coefficient (Wildman–Crippen LogP) is 5.00. The summed E-state index contributed by atoms with van der Waals surface area (Å²) >= 11 is 6.64. The van der Waals surface area contributed by atoms with Crippen LogP contribution in [0.25, 0.3) is 22.6 Å². The Morgan fingerprint density at radius 3 is 2.71 bits per heavy atom. The zero-order valence-corrected chi connectivity index (χ0v) is 22.4. The molecule has 0 amide bonds. The summed E-state index contributed by atoms with van der Waals surface area (Å²) in [4.78, 5) is 11.9. The van der Waals surface area contributed by atoms with E-state index < -0.39 is 6.10 Å². The number of halogens is 2. The minimum atomic E-state index is -0.662. The van der Waals surface area contributed by atoms with Crippen molar-refractivity contribution in [3.63, 3.8) is 0 Å². The van der Waals surface area contributed by atoms with E-state index in [2.05, 4.69) is 10.5 Å². The predicted molar refractivity (Wildman–Crippen MR) is 144 cm³/mol. The van der Waals surface area contributed by atoms with E-state index in [9.17, 15) is 9.50 Å². The highest BCUT2D eigenvalue weighted by molar-refractivity contribution is 6.33. The molecule has 0 radical (unpaired) electrons. The second kappa shape index (κ2) is 10.7. The maximum atomic E-state index is 14.6. The Morgan fingerprint density at radius 2 is 2.00 bits per heavy atom. The van der Waals surface area contributed by atoms with Crippen LogP contribution in [0.2, 0.25) is 5.02 Å². The van der Waals surface area contributed by atoms with Crippen LogP contribution in [0.1, 0.15) is 28.1 Å². The Morgan fingerprint density at radius 1 is 1.18 bits per heavy atom. The molecule has 8 nitrogen and oxygen atoms in total. The van der Waals surface area contributed by atoms with Crippen molar-refractivity contribution in [1.29, 1.82) is 0 Å². The summed E-state index contributed by atoms with van der Waals surface area (Å²) < 4.78 is 25.8. The van der Waals surface area contributed by atoms with E-state index in [0.29, 0.717) is 70.3 Å². The van der Waals surface area contributed by atoms with Gasteiger partial charge >= 0.3 is 0 Å². The lowest BCUT2D eigenvalue weighted by molar-refractivity contribution is 0.108. The number of hydrogen-bond acceptors (Lipinski definition) is 8. The van der Waals surface area contributed by atoms with E-state index in [1.54, 1.807) is 31.3 Å². The van der Waals surface area contributed by atoms with Crippen molar-refractivity contribution in [1.82, 2.24) is 20.4 Å². The number of aliphatic hydroxyl groups is 1. The number of nitrogens with zero attached hydrogens (tertiary/aromatic N) is 4. The van der Waals surface area contributed by atoms with Gasteiger partial charge in [0, 0.05) is 36.3 Å². The number of fused-ring (bicyclic) bond motifs is 1. The molecule has 198 valence electrons. The SMILES string of the molecule is CNC[C@@H](O)COc1ccc(Cl)c(-c2nc(-c3c(C)noc3C)c(C)c(N3Cc4cccc(F)c4C3)n2)c1. The van der Waals surface area contributed by atoms with Crippen molar-refractivity contribution in [3.8, 4) is 28.4 Å². The molecule has 0 bridgehead atoms. The molecule has 2 aromatic heterocycles. The van der Waals surface area contributed by atoms with E-state index >= 15 is 0 Å². The average molecular weight is 538 g/mol. The molecule has 1 atom stereocenters. The normalized spacial score (nSPS) is 13.6. The lowest BCUT2D eigenvalue weighted by Crippen LogP contribution is -2.29. The number of aromatic nitrogens is 3. The lowest BCUT2D eigenvalue weighted by atomic mass is 10.0. The molecule has 0 saturated heterocycles. The quantitative estimate of drug-likeness (QED) is 0.324. The molecule has 0 spiro atoms. The van der Waals surface area contributed by atoms with Gasteiger partial charge in [-0.2, -0.15) is 0 Å². The maximum Gasteiger partial charge on any atom is 0.163 e. The number of likely N-dealkylation sites (N-methyl/N-ethyl adjacent to an activating group) is 1. The Labute approximate surface area is 225 Å². The minimum absolute atomic E-state index is 0.115. The Kier molecular flexibility index (Phi) is 7.34. The van der Waals surface area contributed by atoms with Crippen molar-refractivity contribution in [2.75, 3.05) is 25.1 Å². The lowest BCUT2D eigenvalue weighted by Gasteiger charge is -2.22. The molecule has 0 fully saturated rings. The molecular formula is C28H29ClFN5O3. The van der Waals surface area contributed by atoms with Crippen molar-refractivity contribution >= 4 is 17.4 Å². The summed E-state index contributed by atoms with van der Waals surface area (Å²) in [5, 5.41) is 17.5. The monoisotopic (exact) mass is 537 g/mol. The summed E-state index contributed by atoms with van der Waals surface area (Å²) in [5.74, 6) is 2.00. The molecule has 1 aliphatic heterocycles. The van der Waals surface area contributed by atoms with E-state index in [1.807, 2.05) is 31.7 Å². The Hall–Kier alpha value is -3.53. The van der Waals surface area contributed by atoms with Crippen molar-refractivity contribution in [2.24, 2.45) is 0 Å². The minimum Gasteiger partial charge on any atom is -0.491 e. The topological polar surface area (TPSA) is 96.5 Å². The van der Waals surface area contributed by atoms with E-state index in [1.165, 1.54) is 6.07 Å². The van der Waals surface area contributed by atoms with Gasteiger partial charge in [0.1, 0.15) is 35.9 Å². The number of anilines is 1. The van der Waals surface area contributed by atoms with Gasteiger partial charge in [0.25, 0.3) is 0 Å². The summed E-state index contributed by atoms with van der Waals surface area (Å²) in [6, 6.07) is 10.4. The zero-order valence-electron chi connectivity index (χ0n) is 21.7. The highest BCUT2D eigenvalue weighted by Gasteiger charge is 2.28. The largest absolute Gasteiger partial charge is 0.491 e. The number of rotatable bonds is 8. The molecule has 38 heavy (non-hydrogen) atoms. The van der Waals surface area contributed by atoms with Crippen molar-refractivity contribution in [3.05, 3.63) is 75.4 Å². The number of nitrogens with one attached hydrogen (secondary N) is 1. The first-order valence-corrected chi connectivity index (χ1v) is 12.7. The molecule has 4 aromatic rings. The van der Waals surface area contributed by atoms with E-state index in [-0.39, 0.29) is 12.4 Å². The smallest absolute Gasteiger partial charge is 0.163 e. The fraction of sp³-hybridized carbons (Fsp3) is 0.321. The van der Waals surface area contributed by atoms with Crippen molar-refractivity contribution < 1.29 is 18.8 Å². The number of aliphatic hydroxyl groups excluding tert-OH is 1. The van der Waals surface area contributed by atoms with Gasteiger partial charge in [0.15, 0.2) is 5.82 Å². The highest BCUT2D eigenvalue weighted by Crippen LogP contribution is 2.39. The maximum absolute atomic E-state index is 14.6. The van der Waals surface area contributed by atoms with Gasteiger partial charge in [0.2, 0.25) is 0 Å². The number of aryl methyl sites for hydroxylation is 2. The van der Waals surface area contributed by atoms with Gasteiger partial charge in [0.05, 0.1) is 22.0 Å². The summed E-state index contributed by atoms with van der Waals surface area (Å²) in [7, 11) is 1.76. The molecule has 0 aliphatic carbocycles. The Bertz CT molecular complexity index is 1470. The van der Waals surface area contributed by atoms with Crippen LogP contribution in [0, 0.1) is 26.6 Å². The van der Waals surface area contributed by atoms with Crippen LogP contribution < -0.4 is 15.0 Å². The molecule has 1 aliphatic rings. The third-order valence-electron chi connectivity index (χ3n) is 6.68. The molecule has 0 saturated carbocycles. The van der Waals surface area contributed by atoms with Crippen LogP contribution in [-0.2, 0) is 13.1 Å². The van der Waals surface area contributed by atoms with Crippen LogP contribution in [0.5, 0.6) is 5.75 Å². The van der Waals surface area contributed by atoms with Gasteiger partial charge < -0.3 is 24.6 Å². The second-order valence-electron chi connectivity index (χ2n) is 9.44. The highest BCUT2D eigenvalue weighted by atomic mass is 35.5. The molecule has 2 N–H and O–H groups in total. The van der Waals surface area contributed by atoms with Crippen LogP contribution in [0.3, 0.4) is 0 Å². The van der Waals surface area contributed by atoms with Gasteiger partial charge in [-0.15, -0.1) is 0 Å². The fourth-order valence-electron chi connectivity index (χ4n) is 4.78. The van der Waals surface area contributed by atoms with Gasteiger partial charge in [-0.1, -0.05) is 28.9 Å². The third kappa shape index (κ3) is 4.97. The average Bonchev–Trinajstić information content (AvgIpc) is 3.48. The number of hydrogen-bond donors (Lipinski definition) is 2. The summed E-state index contributed by atoms with van der Waals surface area (Å²) in [6.07, 6.45) is -0.662. The van der Waals surface area contributed by atoms with Crippen LogP contribution in [-0.4, -0.2) is 46.5 Å². The number of benzene rings is 2. The van der Waals surface area contributed by atoms with Gasteiger partial charge in [-0.25, -0.2) is 14.4 Å². The van der Waals surface area contributed by atoms with Gasteiger partial charge in [-0.3, -0.25) is 0 Å². The molecule has 3 heterocycles. The molecule has 2 aromatic carbocycles. The standard InChI is InChI=1S/C28H29ClFN5O3/c1-15-26(25-16(2)34-38-17(25)3)32-27(21-10-20(8-9-23(21)29)37-14-19(36)11-31-4)33-28(15)35-12-18-6-5-7-24(30)22(18)13-35/h5-10,19,31,36H,11-14H2,1-4H3/t19-/m1/s1. The summed E-state index contributed by atoms with van der Waals surface area (Å²) in [5.41, 5.74) is 5.16. The fourth-order valence-corrected chi connectivity index (χ4v) is 4.98. The van der Waals surface area contributed by atoms with Crippen LogP contribution >= 0.6 is 11.6 Å².